The van der Waals surface area contributed by atoms with Crippen LogP contribution in [0.25, 0.3) is 33.2 Å². The van der Waals surface area contributed by atoms with Crippen molar-refractivity contribution in [1.82, 2.24) is 30.4 Å². The van der Waals surface area contributed by atoms with Gasteiger partial charge in [0.1, 0.15) is 30.3 Å². The molecule has 2 saturated heterocycles. The van der Waals surface area contributed by atoms with E-state index in [1.807, 2.05) is 50.6 Å². The van der Waals surface area contributed by atoms with Crippen LogP contribution < -0.4 is 15.4 Å². The van der Waals surface area contributed by atoms with Gasteiger partial charge in [0.25, 0.3) is 0 Å². The zero-order valence-corrected chi connectivity index (χ0v) is 36.3. The topological polar surface area (TPSA) is 168 Å². The molecule has 6 atom stereocenters. The van der Waals surface area contributed by atoms with Crippen LogP contribution in [0.15, 0.2) is 53.7 Å². The molecule has 0 saturated carbocycles. The number of amides is 4. The summed E-state index contributed by atoms with van der Waals surface area (Å²) in [6, 6.07) is 13.1. The first kappa shape index (κ1) is 41.8. The highest BCUT2D eigenvalue weighted by Gasteiger charge is 2.44. The maximum atomic E-state index is 14.1. The molecule has 4 aromatic rings. The Morgan fingerprint density at radius 2 is 1.54 bits per heavy atom. The lowest BCUT2D eigenvalue weighted by Gasteiger charge is -2.34. The zero-order valence-electron chi connectivity index (χ0n) is 36.3. The first-order valence-corrected chi connectivity index (χ1v) is 21.6. The number of nitrogens with one attached hydrogen (secondary N) is 3. The number of rotatable bonds is 10. The standard InChI is InChI=1S/C47H57N7O7/c1-9-30-13-17-38(54(30)45(56)42(25(4)5)52-47(58)60-8)36-20-33-32-21-40-34(19-27(32)12-15-35(33)49-36)31-14-11-28(18-29(31)23-61-40)37-22-48-43(50-37)39-16-10-26(6)53(39)44(55)41(24(2)3)51-46(57)59-7/h11-12,14-15,18-19,21-22,24-26,30,38-39,41-42H,9-10,13,16-17,20,23H2,1-8H3,(H,48,50)(H,51,57)(H,52,58)/t26-,30-,38-,39-,41-,42-/m0/s1. The van der Waals surface area contributed by atoms with Crippen molar-refractivity contribution >= 4 is 46.2 Å². The molecule has 4 aliphatic rings. The number of alkyl carbamates (subject to hydrolysis) is 2. The van der Waals surface area contributed by atoms with E-state index in [1.165, 1.54) is 14.2 Å². The van der Waals surface area contributed by atoms with Crippen molar-refractivity contribution < 1.29 is 33.4 Å². The van der Waals surface area contributed by atoms with Gasteiger partial charge in [0, 0.05) is 29.8 Å². The first-order chi connectivity index (χ1) is 29.3. The Morgan fingerprint density at radius 1 is 0.852 bits per heavy atom. The Hall–Kier alpha value is -5.92. The van der Waals surface area contributed by atoms with E-state index in [0.717, 1.165) is 93.5 Å². The predicted octanol–water partition coefficient (Wildman–Crippen LogP) is 8.00. The minimum atomic E-state index is -0.715. The van der Waals surface area contributed by atoms with Crippen LogP contribution in [0.3, 0.4) is 0 Å². The number of nitrogens with zero attached hydrogens (tertiary/aromatic N) is 4. The summed E-state index contributed by atoms with van der Waals surface area (Å²) in [5, 5.41) is 7.69. The van der Waals surface area contributed by atoms with E-state index in [-0.39, 0.29) is 47.8 Å². The summed E-state index contributed by atoms with van der Waals surface area (Å²) in [7, 11) is 2.61. The lowest BCUT2D eigenvalue weighted by Crippen LogP contribution is -2.55. The van der Waals surface area contributed by atoms with Crippen LogP contribution in [0.5, 0.6) is 5.75 Å². The van der Waals surface area contributed by atoms with Gasteiger partial charge < -0.3 is 39.6 Å². The molecule has 0 radical (unpaired) electrons. The van der Waals surface area contributed by atoms with E-state index in [2.05, 4.69) is 65.0 Å². The molecule has 0 spiro atoms. The third-order valence-corrected chi connectivity index (χ3v) is 13.1. The third-order valence-electron chi connectivity index (χ3n) is 13.1. The van der Waals surface area contributed by atoms with E-state index in [4.69, 9.17) is 24.2 Å². The van der Waals surface area contributed by atoms with Gasteiger partial charge in [-0.1, -0.05) is 52.8 Å². The van der Waals surface area contributed by atoms with Crippen molar-refractivity contribution in [1.29, 1.82) is 0 Å². The number of methoxy groups -OCH3 is 2. The molecular formula is C47H57N7O7. The van der Waals surface area contributed by atoms with E-state index in [9.17, 15) is 19.2 Å². The summed E-state index contributed by atoms with van der Waals surface area (Å²) in [4.78, 5) is 69.6. The molecule has 4 aliphatic heterocycles. The second-order valence-corrected chi connectivity index (χ2v) is 17.6. The van der Waals surface area contributed by atoms with Gasteiger partial charge in [0.2, 0.25) is 11.8 Å². The maximum absolute atomic E-state index is 14.1. The smallest absolute Gasteiger partial charge is 0.407 e. The van der Waals surface area contributed by atoms with Crippen LogP contribution in [0.4, 0.5) is 15.3 Å². The first-order valence-electron chi connectivity index (χ1n) is 21.6. The fourth-order valence-corrected chi connectivity index (χ4v) is 9.83. The summed E-state index contributed by atoms with van der Waals surface area (Å²) in [5.41, 5.74) is 8.03. The molecule has 1 aromatic heterocycles. The van der Waals surface area contributed by atoms with Gasteiger partial charge in [-0.25, -0.2) is 14.6 Å². The van der Waals surface area contributed by atoms with Gasteiger partial charge in [-0.15, -0.1) is 0 Å². The van der Waals surface area contributed by atoms with Crippen LogP contribution in [0, 0.1) is 11.8 Å². The fourth-order valence-electron chi connectivity index (χ4n) is 9.83. The lowest BCUT2D eigenvalue weighted by molar-refractivity contribution is -0.137. The maximum Gasteiger partial charge on any atom is 0.407 e. The number of ether oxygens (including phenoxy) is 3. The number of hydrogen-bond donors (Lipinski definition) is 3. The molecular weight excluding hydrogens is 775 g/mol. The molecule has 3 aromatic carbocycles. The average molecular weight is 832 g/mol. The van der Waals surface area contributed by atoms with E-state index < -0.39 is 24.3 Å². The molecule has 0 bridgehead atoms. The molecule has 14 heteroatoms. The minimum absolute atomic E-state index is 0.0119. The second kappa shape index (κ2) is 16.9. The van der Waals surface area contributed by atoms with Crippen LogP contribution in [0.1, 0.15) is 96.6 Å². The number of hydrogen-bond acceptors (Lipinski definition) is 9. The molecule has 8 rings (SSSR count). The number of H-pyrrole nitrogens is 1. The van der Waals surface area contributed by atoms with Crippen molar-refractivity contribution in [2.45, 2.75) is 123 Å². The molecule has 14 nitrogen and oxygen atoms in total. The van der Waals surface area contributed by atoms with Crippen molar-refractivity contribution in [3.05, 3.63) is 65.6 Å². The Bertz CT molecular complexity index is 2410. The highest BCUT2D eigenvalue weighted by molar-refractivity contribution is 6.06. The number of carbonyl (C=O) groups is 4. The summed E-state index contributed by atoms with van der Waals surface area (Å²) < 4.78 is 16.1. The number of aliphatic imine (C=N–C) groups is 1. The number of aromatic amines is 1. The van der Waals surface area contributed by atoms with Gasteiger partial charge in [-0.2, -0.15) is 0 Å². The highest BCUT2D eigenvalue weighted by Crippen LogP contribution is 2.45. The minimum Gasteiger partial charge on any atom is -0.488 e. The summed E-state index contributed by atoms with van der Waals surface area (Å²) in [5.74, 6) is 1.05. The lowest BCUT2D eigenvalue weighted by atomic mass is 9.90. The number of aromatic nitrogens is 2. The fraction of sp³-hybridized carbons (Fsp3) is 0.489. The monoisotopic (exact) mass is 831 g/mol. The largest absolute Gasteiger partial charge is 0.488 e. The molecule has 0 aliphatic carbocycles. The van der Waals surface area contributed by atoms with Crippen molar-refractivity contribution in [2.75, 3.05) is 14.2 Å². The molecule has 5 heterocycles. The number of imidazole rings is 1. The van der Waals surface area contributed by atoms with Gasteiger partial charge >= 0.3 is 12.2 Å². The van der Waals surface area contributed by atoms with Crippen LogP contribution in [0.2, 0.25) is 0 Å². The Morgan fingerprint density at radius 3 is 2.21 bits per heavy atom. The molecule has 322 valence electrons. The van der Waals surface area contributed by atoms with Gasteiger partial charge in [-0.05, 0) is 108 Å². The molecule has 4 amide bonds. The van der Waals surface area contributed by atoms with E-state index in [1.54, 1.807) is 0 Å². The predicted molar refractivity (Wildman–Crippen MR) is 233 cm³/mol. The Kier molecular flexibility index (Phi) is 11.5. The summed E-state index contributed by atoms with van der Waals surface area (Å²) in [6.07, 6.45) is 5.32. The normalized spacial score (nSPS) is 21.4. The molecule has 61 heavy (non-hydrogen) atoms. The SMILES string of the molecule is CC[C@H]1CC[C@@H](C2=Nc3ccc4cc5c(cc4c3C2)OCc2cc(-c3cnc([C@@H]4CC[C@H](C)N4C(=O)[C@@H](NC(=O)OC)C(C)C)[nH]3)ccc2-5)N1C(=O)[C@@H](NC(=O)OC)C(C)C. The third kappa shape index (κ3) is 7.69. The second-order valence-electron chi connectivity index (χ2n) is 17.6. The number of fused-ring (bicyclic) bond motifs is 6. The summed E-state index contributed by atoms with van der Waals surface area (Å²) in [6.45, 7) is 12.2. The zero-order chi connectivity index (χ0) is 43.3. The average Bonchev–Trinajstić information content (AvgIpc) is 4.08. The van der Waals surface area contributed by atoms with E-state index >= 15 is 0 Å². The highest BCUT2D eigenvalue weighted by atomic mass is 16.5. The Balaban J connectivity index is 1.02. The van der Waals surface area contributed by atoms with Crippen LogP contribution in [-0.4, -0.2) is 93.9 Å². The number of carbonyl (C=O) groups excluding carboxylic acids is 4. The molecule has 3 N–H and O–H groups in total. The number of likely N-dealkylation sites (tertiary alicyclic amines) is 2. The molecule has 0 unspecified atom stereocenters. The van der Waals surface area contributed by atoms with Crippen molar-refractivity contribution in [3.8, 4) is 28.1 Å². The quantitative estimate of drug-likeness (QED) is 0.145. The van der Waals surface area contributed by atoms with Gasteiger partial charge in [-0.3, -0.25) is 14.6 Å². The van der Waals surface area contributed by atoms with Crippen molar-refractivity contribution in [3.63, 3.8) is 0 Å². The molecule has 2 fully saturated rings. The summed E-state index contributed by atoms with van der Waals surface area (Å²) >= 11 is 0. The van der Waals surface area contributed by atoms with Gasteiger partial charge in [0.15, 0.2) is 0 Å². The van der Waals surface area contributed by atoms with Crippen LogP contribution in [-0.2, 0) is 32.1 Å². The van der Waals surface area contributed by atoms with Crippen molar-refractivity contribution in [2.24, 2.45) is 16.8 Å². The van der Waals surface area contributed by atoms with Crippen LogP contribution >= 0.6 is 0 Å². The Labute approximate surface area is 356 Å². The van der Waals surface area contributed by atoms with E-state index in [0.29, 0.717) is 18.9 Å². The number of benzene rings is 3. The van der Waals surface area contributed by atoms with Gasteiger partial charge in [0.05, 0.1) is 43.9 Å².